The number of fused-ring (bicyclic) bond motifs is 4. The van der Waals surface area contributed by atoms with Crippen LogP contribution < -0.4 is 14.8 Å². The number of hydrazone groups is 1. The number of para-hydroxylation sites is 2. The fraction of sp³-hybridized carbons (Fsp3) is 0.269. The number of rotatable bonds is 3. The summed E-state index contributed by atoms with van der Waals surface area (Å²) in [6.07, 6.45) is 2.86. The van der Waals surface area contributed by atoms with Gasteiger partial charge in [-0.15, -0.1) is 0 Å². The summed E-state index contributed by atoms with van der Waals surface area (Å²) < 4.78 is 12.6. The minimum absolute atomic E-state index is 0.235. The van der Waals surface area contributed by atoms with Crippen molar-refractivity contribution < 1.29 is 14.8 Å². The maximum absolute atomic E-state index is 6.62. The lowest BCUT2D eigenvalue weighted by atomic mass is 9.91. The minimum Gasteiger partial charge on any atom is -0.466 e. The van der Waals surface area contributed by atoms with Gasteiger partial charge in [-0.3, -0.25) is 0 Å². The summed E-state index contributed by atoms with van der Waals surface area (Å²) in [6.45, 7) is 2.14. The molecule has 2 N–H and O–H groups in total. The number of hydrogen-bond acceptors (Lipinski definition) is 4. The molecular weight excluding hydrogens is 386 g/mol. The first-order valence-corrected chi connectivity index (χ1v) is 11.1. The highest BCUT2D eigenvalue weighted by Gasteiger charge is 2.51. The van der Waals surface area contributed by atoms with Crippen molar-refractivity contribution in [3.63, 3.8) is 0 Å². The van der Waals surface area contributed by atoms with Crippen molar-refractivity contribution in [1.82, 2.24) is 5.01 Å². The summed E-state index contributed by atoms with van der Waals surface area (Å²) in [5.41, 5.74) is 3.17. The zero-order valence-corrected chi connectivity index (χ0v) is 17.4. The lowest BCUT2D eigenvalue weighted by Gasteiger charge is -2.48. The monoisotopic (exact) mass is 412 g/mol. The highest BCUT2D eigenvalue weighted by atomic mass is 16.5. The third-order valence-electron chi connectivity index (χ3n) is 6.55. The van der Waals surface area contributed by atoms with Crippen LogP contribution in [0.25, 0.3) is 0 Å². The predicted molar refractivity (Wildman–Crippen MR) is 119 cm³/mol. The number of piperidine rings is 1. The minimum atomic E-state index is -0.327. The molecule has 1 saturated heterocycles. The van der Waals surface area contributed by atoms with Crippen LogP contribution in [0.2, 0.25) is 0 Å². The molecule has 6 rings (SSSR count). The summed E-state index contributed by atoms with van der Waals surface area (Å²) in [7, 11) is 0. The second-order valence-electron chi connectivity index (χ2n) is 8.50. The molecule has 31 heavy (non-hydrogen) atoms. The summed E-state index contributed by atoms with van der Waals surface area (Å²) >= 11 is 0. The van der Waals surface area contributed by atoms with E-state index in [1.165, 1.54) is 5.56 Å². The fourth-order valence-electron chi connectivity index (χ4n) is 5.00. The van der Waals surface area contributed by atoms with E-state index in [-0.39, 0.29) is 11.8 Å². The van der Waals surface area contributed by atoms with E-state index in [4.69, 9.17) is 14.6 Å². The van der Waals surface area contributed by atoms with Crippen molar-refractivity contribution in [2.75, 3.05) is 13.1 Å². The topological polar surface area (TPSA) is 50.7 Å². The molecule has 3 aliphatic heterocycles. The second kappa shape index (κ2) is 7.43. The third-order valence-corrected chi connectivity index (χ3v) is 6.55. The molecule has 1 fully saturated rings. The number of ether oxygens (including phenoxy) is 2. The van der Waals surface area contributed by atoms with Gasteiger partial charge in [-0.1, -0.05) is 36.4 Å². The van der Waals surface area contributed by atoms with Gasteiger partial charge in [0.25, 0.3) is 0 Å². The Morgan fingerprint density at radius 2 is 1.58 bits per heavy atom. The van der Waals surface area contributed by atoms with Gasteiger partial charge in [0.05, 0.1) is 37.7 Å². The van der Waals surface area contributed by atoms with Gasteiger partial charge in [0.15, 0.2) is 0 Å². The smallest absolute Gasteiger partial charge is 0.208 e. The molecule has 5 nitrogen and oxygen atoms in total. The Kier molecular flexibility index (Phi) is 4.42. The lowest BCUT2D eigenvalue weighted by Crippen LogP contribution is -2.89. The van der Waals surface area contributed by atoms with E-state index < -0.39 is 0 Å². The molecule has 0 radical (unpaired) electrons. The summed E-state index contributed by atoms with van der Waals surface area (Å²) in [4.78, 5) is 0. The molecule has 0 aromatic heterocycles. The molecule has 5 heteroatoms. The van der Waals surface area contributed by atoms with Gasteiger partial charge in [-0.2, -0.15) is 5.10 Å². The summed E-state index contributed by atoms with van der Waals surface area (Å²) in [6, 6.07) is 26.8. The molecule has 156 valence electrons. The van der Waals surface area contributed by atoms with Crippen LogP contribution in [0.3, 0.4) is 0 Å². The molecule has 3 aromatic carbocycles. The average molecular weight is 413 g/mol. The Hall–Kier alpha value is -3.31. The molecule has 0 saturated carbocycles. The fourth-order valence-corrected chi connectivity index (χ4v) is 5.00. The normalized spacial score (nSPS) is 21.1. The van der Waals surface area contributed by atoms with Crippen LogP contribution in [-0.4, -0.2) is 29.5 Å². The summed E-state index contributed by atoms with van der Waals surface area (Å²) in [5.74, 6) is 2.70. The van der Waals surface area contributed by atoms with Crippen LogP contribution in [0.1, 0.15) is 36.4 Å². The molecule has 0 amide bonds. The van der Waals surface area contributed by atoms with Crippen molar-refractivity contribution in [3.05, 3.63) is 90.0 Å². The van der Waals surface area contributed by atoms with E-state index in [0.29, 0.717) is 0 Å². The Balaban J connectivity index is 1.30. The number of nitrogens with two attached hydrogens (primary N) is 1. The molecule has 0 bridgehead atoms. The Labute approximate surface area is 182 Å². The number of benzene rings is 3. The molecule has 3 aliphatic rings. The van der Waals surface area contributed by atoms with Crippen LogP contribution in [0, 0.1) is 0 Å². The van der Waals surface area contributed by atoms with E-state index in [1.54, 1.807) is 0 Å². The van der Waals surface area contributed by atoms with Gasteiger partial charge in [0.2, 0.25) is 5.72 Å². The van der Waals surface area contributed by atoms with Crippen molar-refractivity contribution >= 4 is 5.71 Å². The van der Waals surface area contributed by atoms with Gasteiger partial charge in [0, 0.05) is 12.0 Å². The van der Waals surface area contributed by atoms with Crippen molar-refractivity contribution in [1.29, 1.82) is 0 Å². The lowest BCUT2D eigenvalue weighted by molar-refractivity contribution is -0.670. The molecular formula is C26H26N3O2+. The quantitative estimate of drug-likeness (QED) is 0.705. The average Bonchev–Trinajstić information content (AvgIpc) is 3.28. The van der Waals surface area contributed by atoms with Crippen LogP contribution in [0.4, 0.5) is 0 Å². The van der Waals surface area contributed by atoms with Gasteiger partial charge < -0.3 is 14.8 Å². The van der Waals surface area contributed by atoms with Gasteiger partial charge in [-0.05, 0) is 48.0 Å². The SMILES string of the molecule is c1ccc(Oc2ccc(C3=NN4[C@@H](C3)c3ccccc3OC43CC[NH2+]CC3)cc2)cc1. The largest absolute Gasteiger partial charge is 0.466 e. The molecule has 1 atom stereocenters. The summed E-state index contributed by atoms with van der Waals surface area (Å²) in [5, 5.41) is 9.78. The Bertz CT molecular complexity index is 1110. The predicted octanol–water partition coefficient (Wildman–Crippen LogP) is 4.08. The Morgan fingerprint density at radius 1 is 0.871 bits per heavy atom. The van der Waals surface area contributed by atoms with E-state index in [9.17, 15) is 0 Å². The second-order valence-corrected chi connectivity index (χ2v) is 8.50. The number of nitrogens with zero attached hydrogens (tertiary/aromatic N) is 2. The van der Waals surface area contributed by atoms with E-state index >= 15 is 0 Å². The number of quaternary nitrogens is 1. The molecule has 1 spiro atoms. The van der Waals surface area contributed by atoms with E-state index in [0.717, 1.165) is 60.9 Å². The standard InChI is InChI=1S/C26H25N3O2/c1-2-6-20(7-3-1)30-21-12-10-19(11-13-21)23-18-24-22-8-4-5-9-25(22)31-26(29(24)28-23)14-16-27-17-15-26/h1-13,24,27H,14-18H2/p+1/t24-/m0/s1. The van der Waals surface area contributed by atoms with Gasteiger partial charge >= 0.3 is 0 Å². The van der Waals surface area contributed by atoms with Crippen molar-refractivity contribution in [3.8, 4) is 17.2 Å². The Morgan fingerprint density at radius 3 is 2.39 bits per heavy atom. The molecule has 3 aromatic rings. The van der Waals surface area contributed by atoms with E-state index in [2.05, 4.69) is 46.7 Å². The first kappa shape index (κ1) is 18.5. The van der Waals surface area contributed by atoms with E-state index in [1.807, 2.05) is 42.5 Å². The van der Waals surface area contributed by atoms with Gasteiger partial charge in [-0.25, -0.2) is 5.01 Å². The van der Waals surface area contributed by atoms with Crippen LogP contribution in [0.5, 0.6) is 17.2 Å². The zero-order valence-electron chi connectivity index (χ0n) is 17.4. The maximum atomic E-state index is 6.62. The molecule has 0 aliphatic carbocycles. The highest BCUT2D eigenvalue weighted by Crippen LogP contribution is 2.49. The molecule has 3 heterocycles. The first-order chi connectivity index (χ1) is 15.3. The molecule has 0 unspecified atom stereocenters. The van der Waals surface area contributed by atoms with Gasteiger partial charge in [0.1, 0.15) is 17.2 Å². The first-order valence-electron chi connectivity index (χ1n) is 11.1. The third kappa shape index (κ3) is 3.26. The maximum Gasteiger partial charge on any atom is 0.208 e. The van der Waals surface area contributed by atoms with Crippen molar-refractivity contribution in [2.24, 2.45) is 5.10 Å². The zero-order chi connectivity index (χ0) is 20.7. The van der Waals surface area contributed by atoms with Crippen LogP contribution in [-0.2, 0) is 0 Å². The van der Waals surface area contributed by atoms with Crippen LogP contribution in [0.15, 0.2) is 84.0 Å². The van der Waals surface area contributed by atoms with Crippen LogP contribution >= 0.6 is 0 Å². The van der Waals surface area contributed by atoms with Crippen molar-refractivity contribution in [2.45, 2.75) is 31.0 Å². The number of hydrogen-bond donors (Lipinski definition) is 1. The highest BCUT2D eigenvalue weighted by molar-refractivity contribution is 6.02.